The van der Waals surface area contributed by atoms with Gasteiger partial charge in [0.15, 0.2) is 11.6 Å². The third-order valence-corrected chi connectivity index (χ3v) is 6.43. The smallest absolute Gasteiger partial charge is 0.399 e. The van der Waals surface area contributed by atoms with Crippen LogP contribution in [0.15, 0.2) is 60.8 Å². The molecule has 0 amide bonds. The number of rotatable bonds is 11. The normalized spacial score (nSPS) is 11.8. The number of aryl methyl sites for hydroxylation is 5. The fourth-order valence-electron chi connectivity index (χ4n) is 4.43. The van der Waals surface area contributed by atoms with Crippen LogP contribution in [-0.2, 0) is 36.8 Å². The lowest BCUT2D eigenvalue weighted by atomic mass is 9.97. The molecule has 0 N–H and O–H groups in total. The van der Waals surface area contributed by atoms with Gasteiger partial charge < -0.3 is 9.47 Å². The first-order chi connectivity index (χ1) is 18.6. The lowest BCUT2D eigenvalue weighted by Gasteiger charge is -2.12. The highest BCUT2D eigenvalue weighted by atomic mass is 19.4. The predicted molar refractivity (Wildman–Crippen MR) is 136 cm³/mol. The van der Waals surface area contributed by atoms with Crippen molar-refractivity contribution >= 4 is 10.8 Å². The van der Waals surface area contributed by atoms with Crippen molar-refractivity contribution in [3.63, 3.8) is 0 Å². The lowest BCUT2D eigenvalue weighted by molar-refractivity contribution is -0.276. The van der Waals surface area contributed by atoms with Crippen molar-refractivity contribution in [1.82, 2.24) is 4.98 Å². The average Bonchev–Trinajstić information content (AvgIpc) is 2.89. The van der Waals surface area contributed by atoms with Crippen molar-refractivity contribution < 1.29 is 35.8 Å². The molecule has 0 aliphatic rings. The molecule has 1 heterocycles. The summed E-state index contributed by atoms with van der Waals surface area (Å²) in [5.41, 5.74) is 3.59. The molecule has 0 fully saturated rings. The first kappa shape index (κ1) is 28.4. The van der Waals surface area contributed by atoms with E-state index in [2.05, 4.69) is 15.8 Å². The van der Waals surface area contributed by atoms with E-state index in [1.165, 1.54) is 0 Å². The van der Waals surface area contributed by atoms with Crippen molar-refractivity contribution in [2.45, 2.75) is 44.9 Å². The number of halogens is 6. The molecule has 0 bridgehead atoms. The number of nitrogens with zero attached hydrogens (tertiary/aromatic N) is 1. The minimum atomic E-state index is -5.22. The van der Waals surface area contributed by atoms with E-state index in [4.69, 9.17) is 4.74 Å². The van der Waals surface area contributed by atoms with Crippen LogP contribution in [-0.4, -0.2) is 25.1 Å². The van der Waals surface area contributed by atoms with Crippen molar-refractivity contribution in [3.05, 3.63) is 106 Å². The molecule has 0 aliphatic heterocycles. The van der Waals surface area contributed by atoms with Gasteiger partial charge in [-0.3, -0.25) is 4.98 Å². The van der Waals surface area contributed by atoms with Gasteiger partial charge in [-0.15, -0.1) is 13.2 Å². The minimum absolute atomic E-state index is 0.0266. The zero-order valence-electron chi connectivity index (χ0n) is 21.3. The van der Waals surface area contributed by atoms with Crippen LogP contribution in [0.5, 0.6) is 5.75 Å². The Balaban J connectivity index is 1.39. The Labute approximate surface area is 222 Å². The van der Waals surface area contributed by atoms with Gasteiger partial charge in [-0.1, -0.05) is 36.4 Å². The molecule has 0 radical (unpaired) electrons. The Hall–Kier alpha value is -3.59. The van der Waals surface area contributed by atoms with Crippen LogP contribution < -0.4 is 4.74 Å². The highest BCUT2D eigenvalue weighted by Gasteiger charge is 2.34. The van der Waals surface area contributed by atoms with Crippen LogP contribution in [0, 0.1) is 17.5 Å². The second-order valence-electron chi connectivity index (χ2n) is 9.28. The fraction of sp³-hybridized carbons (Fsp3) is 0.300. The Morgan fingerprint density at radius 2 is 1.46 bits per heavy atom. The molecule has 0 saturated carbocycles. The zero-order chi connectivity index (χ0) is 28.0. The third kappa shape index (κ3) is 7.72. The van der Waals surface area contributed by atoms with E-state index in [1.807, 2.05) is 24.4 Å². The molecule has 9 heteroatoms. The molecule has 4 aromatic rings. The highest BCUT2D eigenvalue weighted by Crippen LogP contribution is 2.30. The van der Waals surface area contributed by atoms with Crippen LogP contribution in [0.25, 0.3) is 10.8 Å². The fourth-order valence-corrected chi connectivity index (χ4v) is 4.43. The lowest BCUT2D eigenvalue weighted by Crippen LogP contribution is -2.19. The molecule has 3 aromatic carbocycles. The van der Waals surface area contributed by atoms with E-state index in [9.17, 15) is 22.0 Å². The van der Waals surface area contributed by atoms with E-state index in [0.717, 1.165) is 60.0 Å². The number of aromatic nitrogens is 1. The Bertz CT molecular complexity index is 1400. The van der Waals surface area contributed by atoms with Crippen molar-refractivity contribution in [2.75, 3.05) is 13.7 Å². The molecule has 4 rings (SSSR count). The average molecular weight is 548 g/mol. The van der Waals surface area contributed by atoms with Crippen LogP contribution in [0.1, 0.15) is 34.4 Å². The maximum atomic E-state index is 15.2. The summed E-state index contributed by atoms with van der Waals surface area (Å²) in [6, 6.07) is 14.5. The van der Waals surface area contributed by atoms with Gasteiger partial charge in [0.25, 0.3) is 0 Å². The summed E-state index contributed by atoms with van der Waals surface area (Å²) in [4.78, 5) is 4.53. The van der Waals surface area contributed by atoms with Crippen molar-refractivity contribution in [3.8, 4) is 5.75 Å². The zero-order valence-corrected chi connectivity index (χ0v) is 21.3. The number of benzene rings is 3. The van der Waals surface area contributed by atoms with Crippen molar-refractivity contribution in [2.24, 2.45) is 0 Å². The SMILES string of the molecule is COCCCc1ccc(CCc2ccc3c(F)c(CCc4cc(F)c(OC(F)(F)F)c(F)c4)ccc3c2)nc1. The molecule has 0 aliphatic carbocycles. The van der Waals surface area contributed by atoms with Gasteiger partial charge in [-0.25, -0.2) is 13.2 Å². The maximum absolute atomic E-state index is 15.2. The first-order valence-corrected chi connectivity index (χ1v) is 12.5. The monoisotopic (exact) mass is 547 g/mol. The van der Waals surface area contributed by atoms with Gasteiger partial charge in [0.2, 0.25) is 5.75 Å². The number of pyridine rings is 1. The van der Waals surface area contributed by atoms with Crippen molar-refractivity contribution in [1.29, 1.82) is 0 Å². The van der Waals surface area contributed by atoms with Crippen LogP contribution in [0.4, 0.5) is 26.3 Å². The number of alkyl halides is 3. The van der Waals surface area contributed by atoms with Gasteiger partial charge in [0, 0.05) is 31.0 Å². The second-order valence-corrected chi connectivity index (χ2v) is 9.28. The molecule has 39 heavy (non-hydrogen) atoms. The number of methoxy groups -OCH3 is 1. The van der Waals surface area contributed by atoms with Gasteiger partial charge in [0.05, 0.1) is 0 Å². The summed E-state index contributed by atoms with van der Waals surface area (Å²) < 4.78 is 88.7. The number of fused-ring (bicyclic) bond motifs is 1. The largest absolute Gasteiger partial charge is 0.573 e. The van der Waals surface area contributed by atoms with E-state index in [1.54, 1.807) is 25.3 Å². The second kappa shape index (κ2) is 12.5. The number of ether oxygens (including phenoxy) is 2. The van der Waals surface area contributed by atoms with E-state index in [-0.39, 0.29) is 18.4 Å². The van der Waals surface area contributed by atoms with Gasteiger partial charge in [-0.2, -0.15) is 0 Å². The molecular formula is C30H27F6NO2. The predicted octanol–water partition coefficient (Wildman–Crippen LogP) is 7.70. The maximum Gasteiger partial charge on any atom is 0.573 e. The highest BCUT2D eigenvalue weighted by molar-refractivity contribution is 5.84. The summed E-state index contributed by atoms with van der Waals surface area (Å²) in [6.07, 6.45) is 0.131. The van der Waals surface area contributed by atoms with Gasteiger partial charge >= 0.3 is 6.36 Å². The quantitative estimate of drug-likeness (QED) is 0.142. The van der Waals surface area contributed by atoms with Crippen LogP contribution in [0.2, 0.25) is 0 Å². The Morgan fingerprint density at radius 1 is 0.744 bits per heavy atom. The number of hydrogen-bond acceptors (Lipinski definition) is 3. The van der Waals surface area contributed by atoms with E-state index >= 15 is 4.39 Å². The summed E-state index contributed by atoms with van der Waals surface area (Å²) in [6.45, 7) is 0.712. The molecule has 3 nitrogen and oxygen atoms in total. The Kier molecular flexibility index (Phi) is 9.12. The standard InChI is InChI=1S/C30H27F6NO2/c1-38-14-2-3-20-6-12-24(37-18-20)11-5-19-7-13-25-23(15-19)10-9-22(28(25)33)8-4-21-16-26(31)29(27(32)17-21)39-30(34,35)36/h6-7,9-10,12-13,15-18H,2-5,8,11,14H2,1H3. The minimum Gasteiger partial charge on any atom is -0.399 e. The van der Waals surface area contributed by atoms with E-state index < -0.39 is 29.6 Å². The third-order valence-electron chi connectivity index (χ3n) is 6.43. The summed E-state index contributed by atoms with van der Waals surface area (Å²) in [5.74, 6) is -4.89. The number of hydrogen-bond donors (Lipinski definition) is 0. The Morgan fingerprint density at radius 3 is 2.13 bits per heavy atom. The van der Waals surface area contributed by atoms with Gasteiger partial charge in [0.1, 0.15) is 5.82 Å². The molecule has 0 atom stereocenters. The summed E-state index contributed by atoms with van der Waals surface area (Å²) in [5, 5.41) is 1.14. The molecule has 0 unspecified atom stereocenters. The van der Waals surface area contributed by atoms with Crippen LogP contribution >= 0.6 is 0 Å². The topological polar surface area (TPSA) is 31.4 Å². The first-order valence-electron chi connectivity index (χ1n) is 12.5. The summed E-state index contributed by atoms with van der Waals surface area (Å²) >= 11 is 0. The van der Waals surface area contributed by atoms with Crippen LogP contribution in [0.3, 0.4) is 0 Å². The van der Waals surface area contributed by atoms with E-state index in [0.29, 0.717) is 17.6 Å². The molecule has 206 valence electrons. The molecule has 0 saturated heterocycles. The molecule has 1 aromatic heterocycles. The summed E-state index contributed by atoms with van der Waals surface area (Å²) in [7, 11) is 1.68. The van der Waals surface area contributed by atoms with Gasteiger partial charge in [-0.05, 0) is 84.4 Å². The molecule has 0 spiro atoms. The molecular weight excluding hydrogens is 520 g/mol.